The van der Waals surface area contributed by atoms with E-state index in [0.29, 0.717) is 17.8 Å². The second-order valence-corrected chi connectivity index (χ2v) is 3.72. The molecule has 17 heavy (non-hydrogen) atoms. The van der Waals surface area contributed by atoms with E-state index >= 15 is 0 Å². The number of ether oxygens (including phenoxy) is 1. The number of carbonyl (C=O) groups is 1. The largest absolute Gasteiger partial charge is 0.456 e. The van der Waals surface area contributed by atoms with E-state index in [1.54, 1.807) is 11.9 Å². The Labute approximate surface area is 96.5 Å². The average molecular weight is 240 g/mol. The molecule has 0 bridgehead atoms. The summed E-state index contributed by atoms with van der Waals surface area (Å²) < 4.78 is 30.3. The minimum atomic E-state index is -1.12. The Morgan fingerprint density at radius 3 is 2.88 bits per heavy atom. The Morgan fingerprint density at radius 2 is 2.29 bits per heavy atom. The molecule has 0 fully saturated rings. The fraction of sp³-hybridized carbons (Fsp3) is 0.273. The highest BCUT2D eigenvalue weighted by molar-refractivity contribution is 5.85. The number of hydrogen-bond acceptors (Lipinski definition) is 4. The van der Waals surface area contributed by atoms with Crippen LogP contribution >= 0.6 is 0 Å². The highest BCUT2D eigenvalue weighted by atomic mass is 19.2. The van der Waals surface area contributed by atoms with Gasteiger partial charge in [-0.15, -0.1) is 0 Å². The molecule has 90 valence electrons. The Kier molecular flexibility index (Phi) is 3.03. The number of pyridine rings is 1. The normalized spacial score (nSPS) is 14.5. The lowest BCUT2D eigenvalue weighted by molar-refractivity contribution is -0.135. The zero-order chi connectivity index (χ0) is 12.4. The van der Waals surface area contributed by atoms with Crippen LogP contribution in [0.15, 0.2) is 24.0 Å². The first-order chi connectivity index (χ1) is 8.06. The van der Waals surface area contributed by atoms with Gasteiger partial charge in [-0.3, -0.25) is 0 Å². The molecule has 6 heteroatoms. The van der Waals surface area contributed by atoms with Crippen LogP contribution in [0.3, 0.4) is 0 Å². The van der Waals surface area contributed by atoms with Crippen LogP contribution in [-0.4, -0.2) is 29.5 Å². The molecule has 1 aliphatic heterocycles. The van der Waals surface area contributed by atoms with E-state index in [1.165, 1.54) is 12.3 Å². The second-order valence-electron chi connectivity index (χ2n) is 3.72. The summed E-state index contributed by atoms with van der Waals surface area (Å²) in [6.45, 7) is 0.527. The first kappa shape index (κ1) is 11.5. The number of aromatic nitrogens is 1. The van der Waals surface area contributed by atoms with Crippen molar-refractivity contribution in [1.82, 2.24) is 9.88 Å². The summed E-state index contributed by atoms with van der Waals surface area (Å²) in [5, 5.41) is 0. The van der Waals surface area contributed by atoms with Crippen LogP contribution in [0, 0.1) is 11.8 Å². The van der Waals surface area contributed by atoms with Gasteiger partial charge >= 0.3 is 5.97 Å². The topological polar surface area (TPSA) is 42.4 Å². The van der Waals surface area contributed by atoms with E-state index in [-0.39, 0.29) is 6.61 Å². The third-order valence-electron chi connectivity index (χ3n) is 2.41. The summed E-state index contributed by atoms with van der Waals surface area (Å²) in [6, 6.07) is 1.08. The summed E-state index contributed by atoms with van der Waals surface area (Å²) in [4.78, 5) is 15.9. The zero-order valence-electron chi connectivity index (χ0n) is 9.11. The van der Waals surface area contributed by atoms with Crippen LogP contribution < -0.4 is 0 Å². The minimum absolute atomic E-state index is 0.201. The maximum atomic E-state index is 12.9. The van der Waals surface area contributed by atoms with Crippen LogP contribution in [0.1, 0.15) is 5.56 Å². The number of hydrogen-bond donors (Lipinski definition) is 0. The monoisotopic (exact) mass is 240 g/mol. The lowest BCUT2D eigenvalue weighted by atomic mass is 10.2. The van der Waals surface area contributed by atoms with Crippen molar-refractivity contribution >= 4 is 5.97 Å². The van der Waals surface area contributed by atoms with Crippen molar-refractivity contribution in [1.29, 1.82) is 0 Å². The third kappa shape index (κ3) is 2.58. The first-order valence-electron chi connectivity index (χ1n) is 4.94. The molecule has 2 rings (SSSR count). The predicted molar refractivity (Wildman–Crippen MR) is 54.7 cm³/mol. The van der Waals surface area contributed by atoms with Crippen molar-refractivity contribution < 1.29 is 18.3 Å². The van der Waals surface area contributed by atoms with Crippen LogP contribution in [0.25, 0.3) is 0 Å². The van der Waals surface area contributed by atoms with Gasteiger partial charge in [0.1, 0.15) is 6.61 Å². The Hall–Kier alpha value is -1.98. The van der Waals surface area contributed by atoms with Crippen molar-refractivity contribution in [3.63, 3.8) is 0 Å². The fourth-order valence-corrected chi connectivity index (χ4v) is 1.51. The quantitative estimate of drug-likeness (QED) is 0.588. The molecule has 1 aromatic heterocycles. The molecule has 0 aliphatic carbocycles. The van der Waals surface area contributed by atoms with E-state index in [9.17, 15) is 13.6 Å². The van der Waals surface area contributed by atoms with Gasteiger partial charge in [0.15, 0.2) is 5.82 Å². The summed E-state index contributed by atoms with van der Waals surface area (Å²) in [5.41, 5.74) is 1.21. The molecule has 0 unspecified atom stereocenters. The SMILES string of the molecule is CN(Cc1cnc(F)c(F)c1)C1=CC(=O)OC1. The number of rotatable bonds is 3. The molecule has 0 spiro atoms. The van der Waals surface area contributed by atoms with E-state index in [0.717, 1.165) is 6.07 Å². The van der Waals surface area contributed by atoms with E-state index in [4.69, 9.17) is 4.74 Å². The first-order valence-corrected chi connectivity index (χ1v) is 4.94. The van der Waals surface area contributed by atoms with Gasteiger partial charge in [0.05, 0.1) is 5.70 Å². The molecule has 0 aromatic carbocycles. The summed E-state index contributed by atoms with van der Waals surface area (Å²) >= 11 is 0. The van der Waals surface area contributed by atoms with Crippen LogP contribution in [-0.2, 0) is 16.1 Å². The average Bonchev–Trinajstić information content (AvgIpc) is 2.70. The van der Waals surface area contributed by atoms with Gasteiger partial charge in [-0.05, 0) is 11.6 Å². The maximum Gasteiger partial charge on any atom is 0.333 e. The Bertz CT molecular complexity index is 488. The lowest BCUT2D eigenvalue weighted by Crippen LogP contribution is -2.18. The van der Waals surface area contributed by atoms with Crippen LogP contribution in [0.5, 0.6) is 0 Å². The smallest absolute Gasteiger partial charge is 0.333 e. The Balaban J connectivity index is 2.08. The van der Waals surface area contributed by atoms with Crippen molar-refractivity contribution in [2.24, 2.45) is 0 Å². The van der Waals surface area contributed by atoms with Gasteiger partial charge in [-0.2, -0.15) is 4.39 Å². The van der Waals surface area contributed by atoms with Gasteiger partial charge in [0, 0.05) is 25.9 Å². The maximum absolute atomic E-state index is 12.9. The highest BCUT2D eigenvalue weighted by Gasteiger charge is 2.17. The van der Waals surface area contributed by atoms with Crippen molar-refractivity contribution in [3.8, 4) is 0 Å². The molecule has 0 saturated carbocycles. The van der Waals surface area contributed by atoms with Gasteiger partial charge < -0.3 is 9.64 Å². The van der Waals surface area contributed by atoms with Crippen LogP contribution in [0.2, 0.25) is 0 Å². The number of cyclic esters (lactones) is 1. The van der Waals surface area contributed by atoms with Crippen molar-refractivity contribution in [2.45, 2.75) is 6.54 Å². The molecule has 4 nitrogen and oxygen atoms in total. The molecule has 0 radical (unpaired) electrons. The lowest BCUT2D eigenvalue weighted by Gasteiger charge is -2.18. The summed E-state index contributed by atoms with van der Waals surface area (Å²) in [7, 11) is 1.73. The summed E-state index contributed by atoms with van der Waals surface area (Å²) in [5.74, 6) is -2.49. The van der Waals surface area contributed by atoms with Gasteiger partial charge in [-0.25, -0.2) is 14.2 Å². The van der Waals surface area contributed by atoms with E-state index < -0.39 is 17.7 Å². The van der Waals surface area contributed by atoms with Crippen LogP contribution in [0.4, 0.5) is 8.78 Å². The number of nitrogens with zero attached hydrogens (tertiary/aromatic N) is 2. The van der Waals surface area contributed by atoms with Crippen molar-refractivity contribution in [2.75, 3.05) is 13.7 Å². The van der Waals surface area contributed by atoms with Crippen molar-refractivity contribution in [3.05, 3.63) is 41.4 Å². The molecule has 0 amide bonds. The zero-order valence-corrected chi connectivity index (χ0v) is 9.11. The number of carbonyl (C=O) groups excluding carboxylic acids is 1. The number of esters is 1. The second kappa shape index (κ2) is 4.48. The molecule has 0 N–H and O–H groups in total. The summed E-state index contributed by atoms with van der Waals surface area (Å²) in [6.07, 6.45) is 2.63. The molecule has 2 heterocycles. The third-order valence-corrected chi connectivity index (χ3v) is 2.41. The van der Waals surface area contributed by atoms with Gasteiger partial charge in [-0.1, -0.05) is 0 Å². The molecular formula is C11H10F2N2O2. The van der Waals surface area contributed by atoms with E-state index in [2.05, 4.69) is 4.98 Å². The fourth-order valence-electron chi connectivity index (χ4n) is 1.51. The minimum Gasteiger partial charge on any atom is -0.456 e. The predicted octanol–water partition coefficient (Wildman–Crippen LogP) is 1.23. The number of likely N-dealkylation sites (N-methyl/N-ethyl adjacent to an activating group) is 1. The molecule has 0 saturated heterocycles. The van der Waals surface area contributed by atoms with Gasteiger partial charge in [0.2, 0.25) is 5.95 Å². The highest BCUT2D eigenvalue weighted by Crippen LogP contribution is 2.14. The molecular weight excluding hydrogens is 230 g/mol. The van der Waals surface area contributed by atoms with E-state index in [1.807, 2.05) is 0 Å². The molecule has 1 aliphatic rings. The van der Waals surface area contributed by atoms with Gasteiger partial charge in [0.25, 0.3) is 0 Å². The Morgan fingerprint density at radius 1 is 1.53 bits per heavy atom. The standard InChI is InChI=1S/C11H10F2N2O2/c1-15(8-3-10(16)17-6-8)5-7-2-9(12)11(13)14-4-7/h2-4H,5-6H2,1H3. The number of halogens is 2. The molecule has 1 aromatic rings. The molecule has 0 atom stereocenters.